The lowest BCUT2D eigenvalue weighted by atomic mass is 10.1. The SMILES string of the molecule is COC(=O)/C=C1/S/C(=N\N=Cc2ccc(OC)c(Cn3cncn3)c2)NC1=O. The smallest absolute Gasteiger partial charge is 0.331 e. The van der Waals surface area contributed by atoms with E-state index in [0.29, 0.717) is 6.54 Å². The first-order valence-electron chi connectivity index (χ1n) is 7.98. The van der Waals surface area contributed by atoms with Gasteiger partial charge in [-0.1, -0.05) is 0 Å². The molecular weight excluding hydrogens is 384 g/mol. The van der Waals surface area contributed by atoms with E-state index in [1.807, 2.05) is 18.2 Å². The van der Waals surface area contributed by atoms with Crippen molar-refractivity contribution in [3.63, 3.8) is 0 Å². The monoisotopic (exact) mass is 400 g/mol. The van der Waals surface area contributed by atoms with Gasteiger partial charge < -0.3 is 9.47 Å². The van der Waals surface area contributed by atoms with E-state index in [4.69, 9.17) is 4.74 Å². The molecule has 0 aliphatic carbocycles. The minimum Gasteiger partial charge on any atom is -0.496 e. The second-order valence-corrected chi connectivity index (χ2v) is 6.43. The molecule has 10 nitrogen and oxygen atoms in total. The van der Waals surface area contributed by atoms with E-state index in [0.717, 1.165) is 34.7 Å². The van der Waals surface area contributed by atoms with Gasteiger partial charge in [0, 0.05) is 11.6 Å². The standard InChI is InChI=1S/C17H16N6O4S/c1-26-13-4-3-11(5-12(13)8-23-10-18-9-20-23)7-19-22-17-21-16(25)14(28-17)6-15(24)27-2/h3-7,9-10H,8H2,1-2H3,(H,21,22,25)/b14-6+,19-7?. The molecule has 0 bridgehead atoms. The highest BCUT2D eigenvalue weighted by Crippen LogP contribution is 2.23. The molecule has 0 spiro atoms. The maximum Gasteiger partial charge on any atom is 0.331 e. The summed E-state index contributed by atoms with van der Waals surface area (Å²) in [6.07, 6.45) is 5.73. The van der Waals surface area contributed by atoms with E-state index < -0.39 is 11.9 Å². The van der Waals surface area contributed by atoms with Crippen LogP contribution in [0.3, 0.4) is 0 Å². The summed E-state index contributed by atoms with van der Waals surface area (Å²) in [7, 11) is 2.83. The van der Waals surface area contributed by atoms with Crippen molar-refractivity contribution in [1.29, 1.82) is 0 Å². The van der Waals surface area contributed by atoms with Crippen LogP contribution in [0.15, 0.2) is 52.0 Å². The maximum absolute atomic E-state index is 11.8. The van der Waals surface area contributed by atoms with Crippen molar-refractivity contribution < 1.29 is 19.1 Å². The molecule has 28 heavy (non-hydrogen) atoms. The zero-order valence-corrected chi connectivity index (χ0v) is 15.8. The number of thioether (sulfide) groups is 1. The van der Waals surface area contributed by atoms with Gasteiger partial charge >= 0.3 is 5.97 Å². The van der Waals surface area contributed by atoms with Gasteiger partial charge in [0.1, 0.15) is 18.4 Å². The maximum atomic E-state index is 11.8. The molecule has 0 atom stereocenters. The van der Waals surface area contributed by atoms with Crippen molar-refractivity contribution in [1.82, 2.24) is 20.1 Å². The Morgan fingerprint density at radius 2 is 2.25 bits per heavy atom. The van der Waals surface area contributed by atoms with Gasteiger partial charge in [0.05, 0.1) is 31.9 Å². The Labute approximate surface area is 164 Å². The summed E-state index contributed by atoms with van der Waals surface area (Å²) in [4.78, 5) is 27.1. The predicted octanol–water partition coefficient (Wildman–Crippen LogP) is 0.945. The second-order valence-electron chi connectivity index (χ2n) is 5.40. The zero-order chi connectivity index (χ0) is 19.9. The number of methoxy groups -OCH3 is 2. The Hall–Kier alpha value is -3.47. The third kappa shape index (κ3) is 4.82. The van der Waals surface area contributed by atoms with Gasteiger partial charge in [-0.05, 0) is 35.5 Å². The third-order valence-corrected chi connectivity index (χ3v) is 4.46. The molecule has 1 saturated heterocycles. The molecule has 3 rings (SSSR count). The van der Waals surface area contributed by atoms with Gasteiger partial charge in [-0.15, -0.1) is 5.10 Å². The molecule has 1 N–H and O–H groups in total. The Bertz CT molecular complexity index is 968. The van der Waals surface area contributed by atoms with E-state index >= 15 is 0 Å². The predicted molar refractivity (Wildman–Crippen MR) is 103 cm³/mol. The summed E-state index contributed by atoms with van der Waals surface area (Å²) in [6.45, 7) is 0.493. The molecular formula is C17H16N6O4S. The topological polar surface area (TPSA) is 120 Å². The highest BCUT2D eigenvalue weighted by Gasteiger charge is 2.24. The molecule has 2 aromatic rings. The van der Waals surface area contributed by atoms with Crippen LogP contribution in [-0.2, 0) is 20.9 Å². The molecule has 1 aliphatic rings. The molecule has 0 saturated carbocycles. The minimum atomic E-state index is -0.611. The largest absolute Gasteiger partial charge is 0.496 e. The fraction of sp³-hybridized carbons (Fsp3) is 0.176. The lowest BCUT2D eigenvalue weighted by Gasteiger charge is -2.09. The van der Waals surface area contributed by atoms with Gasteiger partial charge in [-0.3, -0.25) is 10.1 Å². The van der Waals surface area contributed by atoms with Crippen LogP contribution in [-0.4, -0.2) is 52.2 Å². The Morgan fingerprint density at radius 1 is 1.39 bits per heavy atom. The minimum absolute atomic E-state index is 0.195. The van der Waals surface area contributed by atoms with Crippen LogP contribution in [0.25, 0.3) is 0 Å². The van der Waals surface area contributed by atoms with Crippen LogP contribution >= 0.6 is 11.8 Å². The number of ether oxygens (including phenoxy) is 2. The Kier molecular flexibility index (Phi) is 6.17. The molecule has 1 aromatic carbocycles. The highest BCUT2D eigenvalue weighted by atomic mass is 32.2. The molecule has 0 radical (unpaired) electrons. The van der Waals surface area contributed by atoms with Crippen molar-refractivity contribution >= 4 is 35.0 Å². The number of nitrogens with one attached hydrogen (secondary N) is 1. The van der Waals surface area contributed by atoms with Crippen molar-refractivity contribution in [2.45, 2.75) is 6.54 Å². The first-order valence-corrected chi connectivity index (χ1v) is 8.80. The zero-order valence-electron chi connectivity index (χ0n) is 15.0. The number of hydrogen-bond donors (Lipinski definition) is 1. The number of rotatable bonds is 6. The van der Waals surface area contributed by atoms with Crippen molar-refractivity contribution in [2.24, 2.45) is 10.2 Å². The van der Waals surface area contributed by atoms with Crippen LogP contribution in [0, 0.1) is 0 Å². The number of benzene rings is 1. The van der Waals surface area contributed by atoms with Gasteiger partial charge in [0.25, 0.3) is 5.91 Å². The number of carbonyl (C=O) groups is 2. The average molecular weight is 400 g/mol. The number of amides is 1. The summed E-state index contributed by atoms with van der Waals surface area (Å²) in [5.74, 6) is -0.320. The fourth-order valence-electron chi connectivity index (χ4n) is 2.28. The van der Waals surface area contributed by atoms with Crippen LogP contribution in [0.2, 0.25) is 0 Å². The fourth-order valence-corrected chi connectivity index (χ4v) is 3.02. The normalized spacial score (nSPS) is 16.7. The van der Waals surface area contributed by atoms with Crippen molar-refractivity contribution in [3.05, 3.63) is 53.0 Å². The number of amidine groups is 1. The third-order valence-electron chi connectivity index (χ3n) is 3.56. The van der Waals surface area contributed by atoms with Crippen LogP contribution in [0.1, 0.15) is 11.1 Å². The van der Waals surface area contributed by atoms with Crippen molar-refractivity contribution in [3.8, 4) is 5.75 Å². The number of esters is 1. The summed E-state index contributed by atoms with van der Waals surface area (Å²) in [5.41, 5.74) is 1.69. The molecule has 1 amide bonds. The highest BCUT2D eigenvalue weighted by molar-refractivity contribution is 8.18. The summed E-state index contributed by atoms with van der Waals surface area (Å²) >= 11 is 1.01. The van der Waals surface area contributed by atoms with Crippen molar-refractivity contribution in [2.75, 3.05) is 14.2 Å². The quantitative estimate of drug-likeness (QED) is 0.332. The van der Waals surface area contributed by atoms with Gasteiger partial charge in [0.15, 0.2) is 5.17 Å². The number of aromatic nitrogens is 3. The molecule has 1 aliphatic heterocycles. The van der Waals surface area contributed by atoms with Crippen LogP contribution < -0.4 is 10.1 Å². The molecule has 144 valence electrons. The molecule has 1 fully saturated rings. The van der Waals surface area contributed by atoms with E-state index in [-0.39, 0.29) is 10.1 Å². The first-order chi connectivity index (χ1) is 13.6. The summed E-state index contributed by atoms with van der Waals surface area (Å²) < 4.78 is 11.6. The first kappa shape index (κ1) is 19.3. The van der Waals surface area contributed by atoms with Gasteiger partial charge in [0.2, 0.25) is 0 Å². The van der Waals surface area contributed by atoms with E-state index in [1.54, 1.807) is 24.3 Å². The summed E-state index contributed by atoms with van der Waals surface area (Å²) in [5, 5.41) is 14.8. The van der Waals surface area contributed by atoms with E-state index in [9.17, 15) is 9.59 Å². The van der Waals surface area contributed by atoms with E-state index in [2.05, 4.69) is 30.3 Å². The lowest BCUT2D eigenvalue weighted by Crippen LogP contribution is -2.19. The number of carbonyl (C=O) groups excluding carboxylic acids is 2. The molecule has 11 heteroatoms. The van der Waals surface area contributed by atoms with Gasteiger partial charge in [-0.2, -0.15) is 10.2 Å². The lowest BCUT2D eigenvalue weighted by molar-refractivity contribution is -0.135. The molecule has 0 unspecified atom stereocenters. The average Bonchev–Trinajstić information content (AvgIpc) is 3.32. The van der Waals surface area contributed by atoms with Crippen LogP contribution in [0.5, 0.6) is 5.75 Å². The summed E-state index contributed by atoms with van der Waals surface area (Å²) in [6, 6.07) is 5.55. The number of hydrogen-bond acceptors (Lipinski definition) is 9. The Balaban J connectivity index is 1.72. The number of nitrogens with zero attached hydrogens (tertiary/aromatic N) is 5. The van der Waals surface area contributed by atoms with Crippen LogP contribution in [0.4, 0.5) is 0 Å². The molecule has 1 aromatic heterocycles. The van der Waals surface area contributed by atoms with Gasteiger partial charge in [-0.25, -0.2) is 14.5 Å². The Morgan fingerprint density at radius 3 is 2.96 bits per heavy atom. The van der Waals surface area contributed by atoms with E-state index in [1.165, 1.54) is 13.4 Å². The second kappa shape index (κ2) is 8.95. The molecule has 2 heterocycles.